The summed E-state index contributed by atoms with van der Waals surface area (Å²) in [6.45, 7) is 2.90. The first-order valence-corrected chi connectivity index (χ1v) is 6.90. The van der Waals surface area contributed by atoms with Gasteiger partial charge in [-0.15, -0.1) is 5.10 Å². The van der Waals surface area contributed by atoms with Crippen LogP contribution in [0.25, 0.3) is 0 Å². The number of carbonyl (C=O) groups is 1. The Labute approximate surface area is 114 Å². The highest BCUT2D eigenvalue weighted by Crippen LogP contribution is 2.24. The summed E-state index contributed by atoms with van der Waals surface area (Å²) in [4.78, 5) is 10.7. The van der Waals surface area contributed by atoms with Gasteiger partial charge in [0.2, 0.25) is 5.76 Å². The fourth-order valence-corrected chi connectivity index (χ4v) is 2.25. The highest BCUT2D eigenvalue weighted by atomic mass is 32.2. The molecular formula is C11H14N4O3S. The summed E-state index contributed by atoms with van der Waals surface area (Å²) >= 11 is 1.37. The van der Waals surface area contributed by atoms with Gasteiger partial charge in [0.25, 0.3) is 0 Å². The van der Waals surface area contributed by atoms with Gasteiger partial charge in [-0.3, -0.25) is 0 Å². The van der Waals surface area contributed by atoms with Crippen molar-refractivity contribution in [1.29, 1.82) is 0 Å². The van der Waals surface area contributed by atoms with E-state index in [0.717, 1.165) is 25.2 Å². The van der Waals surface area contributed by atoms with Gasteiger partial charge in [-0.1, -0.05) is 25.1 Å². The van der Waals surface area contributed by atoms with Crippen LogP contribution in [0.1, 0.15) is 36.1 Å². The third-order valence-electron chi connectivity index (χ3n) is 2.47. The van der Waals surface area contributed by atoms with Crippen molar-refractivity contribution in [2.24, 2.45) is 0 Å². The maximum absolute atomic E-state index is 10.7. The number of aromatic carboxylic acids is 1. The number of carboxylic acids is 1. The second kappa shape index (κ2) is 6.37. The predicted octanol–water partition coefficient (Wildman–Crippen LogP) is 2.06. The SMILES string of the molecule is CCCCn1nnnc1CSc1ccc(C(=O)O)o1. The first kappa shape index (κ1) is 13.6. The number of aromatic nitrogens is 4. The zero-order valence-corrected chi connectivity index (χ0v) is 11.3. The van der Waals surface area contributed by atoms with Crippen LogP contribution in [0, 0.1) is 0 Å². The molecule has 0 fully saturated rings. The highest BCUT2D eigenvalue weighted by molar-refractivity contribution is 7.98. The van der Waals surface area contributed by atoms with E-state index in [4.69, 9.17) is 9.52 Å². The molecule has 7 nitrogen and oxygen atoms in total. The predicted molar refractivity (Wildman–Crippen MR) is 68.0 cm³/mol. The lowest BCUT2D eigenvalue weighted by molar-refractivity contribution is 0.0656. The molecule has 0 amide bonds. The van der Waals surface area contributed by atoms with Crippen molar-refractivity contribution in [3.63, 3.8) is 0 Å². The zero-order valence-electron chi connectivity index (χ0n) is 10.4. The average molecular weight is 282 g/mol. The van der Waals surface area contributed by atoms with Gasteiger partial charge >= 0.3 is 5.97 Å². The summed E-state index contributed by atoms with van der Waals surface area (Å²) in [5.74, 6) is 0.169. The number of rotatable bonds is 7. The molecule has 19 heavy (non-hydrogen) atoms. The van der Waals surface area contributed by atoms with Crippen LogP contribution in [0.3, 0.4) is 0 Å². The molecule has 102 valence electrons. The Morgan fingerprint density at radius 2 is 2.37 bits per heavy atom. The molecule has 2 rings (SSSR count). The number of nitrogens with zero attached hydrogens (tertiary/aromatic N) is 4. The van der Waals surface area contributed by atoms with Crippen molar-refractivity contribution in [3.05, 3.63) is 23.7 Å². The summed E-state index contributed by atoms with van der Waals surface area (Å²) in [7, 11) is 0. The van der Waals surface area contributed by atoms with Gasteiger partial charge in [0.05, 0.1) is 5.75 Å². The lowest BCUT2D eigenvalue weighted by Gasteiger charge is -2.01. The number of unbranched alkanes of at least 4 members (excludes halogenated alkanes) is 1. The quantitative estimate of drug-likeness (QED) is 0.776. The van der Waals surface area contributed by atoms with Gasteiger partial charge in [-0.05, 0) is 29.0 Å². The number of aryl methyl sites for hydroxylation is 1. The molecule has 0 aliphatic rings. The number of tetrazole rings is 1. The van der Waals surface area contributed by atoms with E-state index in [9.17, 15) is 4.79 Å². The molecule has 0 bridgehead atoms. The molecule has 0 radical (unpaired) electrons. The topological polar surface area (TPSA) is 94.0 Å². The molecule has 0 saturated heterocycles. The molecule has 0 aliphatic heterocycles. The molecule has 1 N–H and O–H groups in total. The molecule has 0 aliphatic carbocycles. The number of furan rings is 1. The monoisotopic (exact) mass is 282 g/mol. The Bertz CT molecular complexity index is 552. The van der Waals surface area contributed by atoms with Crippen LogP contribution in [-0.2, 0) is 12.3 Å². The van der Waals surface area contributed by atoms with Crippen LogP contribution in [0.4, 0.5) is 0 Å². The fraction of sp³-hybridized carbons (Fsp3) is 0.455. The summed E-state index contributed by atoms with van der Waals surface area (Å²) in [5.41, 5.74) is 0. The summed E-state index contributed by atoms with van der Waals surface area (Å²) < 4.78 is 6.91. The molecule has 8 heteroatoms. The van der Waals surface area contributed by atoms with Gasteiger partial charge in [0.15, 0.2) is 10.9 Å². The van der Waals surface area contributed by atoms with E-state index in [-0.39, 0.29) is 5.76 Å². The van der Waals surface area contributed by atoms with E-state index >= 15 is 0 Å². The van der Waals surface area contributed by atoms with Crippen molar-refractivity contribution in [1.82, 2.24) is 20.2 Å². The Morgan fingerprint density at radius 3 is 3.05 bits per heavy atom. The molecule has 2 aromatic heterocycles. The van der Waals surface area contributed by atoms with Crippen LogP contribution < -0.4 is 0 Å². The van der Waals surface area contributed by atoms with E-state index in [1.807, 2.05) is 0 Å². The standard InChI is InChI=1S/C11H14N4O3S/c1-2-3-6-15-9(12-13-14-15)7-19-10-5-4-8(18-10)11(16)17/h4-5H,2-3,6-7H2,1H3,(H,16,17). The van der Waals surface area contributed by atoms with Gasteiger partial charge in [0.1, 0.15) is 0 Å². The Balaban J connectivity index is 1.94. The molecule has 0 atom stereocenters. The number of hydrogen-bond donors (Lipinski definition) is 1. The van der Waals surface area contributed by atoms with Crippen LogP contribution in [0.15, 0.2) is 21.6 Å². The number of hydrogen-bond acceptors (Lipinski definition) is 6. The molecule has 2 aromatic rings. The minimum atomic E-state index is -1.07. The highest BCUT2D eigenvalue weighted by Gasteiger charge is 2.11. The van der Waals surface area contributed by atoms with E-state index in [1.54, 1.807) is 10.7 Å². The lowest BCUT2D eigenvalue weighted by atomic mass is 10.3. The third-order valence-corrected chi connectivity index (χ3v) is 3.37. The Kier molecular flexibility index (Phi) is 4.56. The zero-order chi connectivity index (χ0) is 13.7. The van der Waals surface area contributed by atoms with Gasteiger partial charge in [0, 0.05) is 6.54 Å². The van der Waals surface area contributed by atoms with Crippen LogP contribution in [-0.4, -0.2) is 31.3 Å². The van der Waals surface area contributed by atoms with Crippen LogP contribution in [0.2, 0.25) is 0 Å². The molecule has 0 saturated carbocycles. The molecule has 2 heterocycles. The summed E-state index contributed by atoms with van der Waals surface area (Å²) in [6, 6.07) is 3.07. The molecular weight excluding hydrogens is 268 g/mol. The molecule has 0 aromatic carbocycles. The van der Waals surface area contributed by atoms with Gasteiger partial charge in [-0.25, -0.2) is 9.48 Å². The third kappa shape index (κ3) is 3.57. The van der Waals surface area contributed by atoms with Crippen molar-refractivity contribution >= 4 is 17.7 Å². The second-order valence-corrected chi connectivity index (χ2v) is 4.86. The van der Waals surface area contributed by atoms with E-state index in [2.05, 4.69) is 22.4 Å². The van der Waals surface area contributed by atoms with Crippen LogP contribution >= 0.6 is 11.8 Å². The van der Waals surface area contributed by atoms with Gasteiger partial charge < -0.3 is 9.52 Å². The Hall–Kier alpha value is -1.83. The first-order valence-electron chi connectivity index (χ1n) is 5.91. The fourth-order valence-electron chi connectivity index (χ4n) is 1.46. The maximum Gasteiger partial charge on any atom is 0.371 e. The minimum absolute atomic E-state index is 0.0620. The van der Waals surface area contributed by atoms with E-state index < -0.39 is 5.97 Å². The average Bonchev–Trinajstić information content (AvgIpc) is 3.02. The smallest absolute Gasteiger partial charge is 0.371 e. The van der Waals surface area contributed by atoms with Gasteiger partial charge in [-0.2, -0.15) is 0 Å². The number of thioether (sulfide) groups is 1. The van der Waals surface area contributed by atoms with Crippen molar-refractivity contribution in [3.8, 4) is 0 Å². The summed E-state index contributed by atoms with van der Waals surface area (Å²) in [5, 5.41) is 20.8. The van der Waals surface area contributed by atoms with Crippen molar-refractivity contribution in [2.75, 3.05) is 0 Å². The van der Waals surface area contributed by atoms with E-state index in [1.165, 1.54) is 17.8 Å². The molecule has 0 unspecified atom stereocenters. The van der Waals surface area contributed by atoms with E-state index in [0.29, 0.717) is 10.8 Å². The maximum atomic E-state index is 10.7. The number of carboxylic acid groups (broad SMARTS) is 1. The van der Waals surface area contributed by atoms with Crippen molar-refractivity contribution < 1.29 is 14.3 Å². The summed E-state index contributed by atoms with van der Waals surface area (Å²) in [6.07, 6.45) is 2.10. The molecule has 0 spiro atoms. The largest absolute Gasteiger partial charge is 0.475 e. The Morgan fingerprint density at radius 1 is 1.53 bits per heavy atom. The minimum Gasteiger partial charge on any atom is -0.475 e. The lowest BCUT2D eigenvalue weighted by Crippen LogP contribution is -2.04. The normalized spacial score (nSPS) is 10.8. The second-order valence-electron chi connectivity index (χ2n) is 3.88. The first-order chi connectivity index (χ1) is 9.20. The van der Waals surface area contributed by atoms with Crippen molar-refractivity contribution in [2.45, 2.75) is 37.2 Å². The van der Waals surface area contributed by atoms with Crippen LogP contribution in [0.5, 0.6) is 0 Å².